The monoisotopic (exact) mass is 285 g/mol. The van der Waals surface area contributed by atoms with Crippen LogP contribution in [0.3, 0.4) is 0 Å². The van der Waals surface area contributed by atoms with Crippen LogP contribution in [0.2, 0.25) is 0 Å². The second-order valence-corrected chi connectivity index (χ2v) is 5.35. The van der Waals surface area contributed by atoms with Crippen LogP contribution in [0.25, 0.3) is 0 Å². The molecule has 2 heterocycles. The normalized spacial score (nSPS) is 18.4. The van der Waals surface area contributed by atoms with Crippen molar-refractivity contribution in [2.24, 2.45) is 5.92 Å². The van der Waals surface area contributed by atoms with Crippen molar-refractivity contribution in [3.05, 3.63) is 42.5 Å². The lowest BCUT2D eigenvalue weighted by atomic mass is 9.96. The minimum atomic E-state index is 0.218. The largest absolute Gasteiger partial charge is 0.508 e. The molecule has 1 aromatic carbocycles. The van der Waals surface area contributed by atoms with E-state index in [9.17, 15) is 5.11 Å². The van der Waals surface area contributed by atoms with E-state index >= 15 is 0 Å². The molecule has 1 aliphatic rings. The first-order valence-corrected chi connectivity index (χ1v) is 7.28. The van der Waals surface area contributed by atoms with Crippen LogP contribution in [-0.4, -0.2) is 28.2 Å². The Labute approximate surface area is 124 Å². The van der Waals surface area contributed by atoms with Crippen LogP contribution in [0.15, 0.2) is 36.7 Å². The maximum absolute atomic E-state index is 9.23. The minimum Gasteiger partial charge on any atom is -0.508 e. The Morgan fingerprint density at radius 2 is 1.90 bits per heavy atom. The summed E-state index contributed by atoms with van der Waals surface area (Å²) in [5, 5.41) is 12.6. The highest BCUT2D eigenvalue weighted by Gasteiger charge is 2.14. The van der Waals surface area contributed by atoms with Gasteiger partial charge in [-0.25, -0.2) is 9.97 Å². The van der Waals surface area contributed by atoms with Crippen molar-refractivity contribution in [2.75, 3.05) is 13.1 Å². The molecule has 5 nitrogen and oxygen atoms in total. The number of ether oxygens (including phenoxy) is 1. The molecule has 0 saturated carbocycles. The van der Waals surface area contributed by atoms with Gasteiger partial charge in [0.25, 0.3) is 0 Å². The lowest BCUT2D eigenvalue weighted by Gasteiger charge is -2.21. The third kappa shape index (κ3) is 3.92. The number of aromatic hydroxyl groups is 1. The highest BCUT2D eigenvalue weighted by molar-refractivity contribution is 5.33. The van der Waals surface area contributed by atoms with Crippen LogP contribution in [0.1, 0.15) is 18.7 Å². The quantitative estimate of drug-likeness (QED) is 0.903. The average Bonchev–Trinajstić information content (AvgIpc) is 2.53. The van der Waals surface area contributed by atoms with Crippen molar-refractivity contribution in [1.29, 1.82) is 0 Å². The van der Waals surface area contributed by atoms with E-state index in [1.807, 2.05) is 0 Å². The molecule has 1 aliphatic heterocycles. The predicted octanol–water partition coefficient (Wildman–Crippen LogP) is 2.52. The first kappa shape index (κ1) is 13.8. The van der Waals surface area contributed by atoms with E-state index in [1.54, 1.807) is 36.7 Å². The summed E-state index contributed by atoms with van der Waals surface area (Å²) in [5.41, 5.74) is 0. The maximum atomic E-state index is 9.23. The standard InChI is InChI=1S/C16H19N3O2/c20-13-3-5-14(6-4-13)21-15-10-18-16(19-11-15)8-12-2-1-7-17-9-12/h3-6,10-12,17,20H,1-2,7-9H2. The number of nitrogens with zero attached hydrogens (tertiary/aromatic N) is 2. The van der Waals surface area contributed by atoms with Gasteiger partial charge in [-0.05, 0) is 56.1 Å². The van der Waals surface area contributed by atoms with Crippen molar-refractivity contribution < 1.29 is 9.84 Å². The minimum absolute atomic E-state index is 0.218. The van der Waals surface area contributed by atoms with Gasteiger partial charge in [0.2, 0.25) is 0 Å². The van der Waals surface area contributed by atoms with Crippen LogP contribution in [0.4, 0.5) is 0 Å². The SMILES string of the molecule is Oc1ccc(Oc2cnc(CC3CCCNC3)nc2)cc1. The smallest absolute Gasteiger partial charge is 0.164 e. The summed E-state index contributed by atoms with van der Waals surface area (Å²) in [5.74, 6) is 2.96. The van der Waals surface area contributed by atoms with Crippen LogP contribution in [0.5, 0.6) is 17.2 Å². The number of piperidine rings is 1. The van der Waals surface area contributed by atoms with Crippen molar-refractivity contribution in [3.63, 3.8) is 0 Å². The van der Waals surface area contributed by atoms with Gasteiger partial charge >= 0.3 is 0 Å². The van der Waals surface area contributed by atoms with Crippen molar-refractivity contribution in [2.45, 2.75) is 19.3 Å². The summed E-state index contributed by atoms with van der Waals surface area (Å²) in [7, 11) is 0. The molecular weight excluding hydrogens is 266 g/mol. The summed E-state index contributed by atoms with van der Waals surface area (Å²) in [6.45, 7) is 2.17. The van der Waals surface area contributed by atoms with Gasteiger partial charge in [0.15, 0.2) is 5.75 Å². The summed E-state index contributed by atoms with van der Waals surface area (Å²) < 4.78 is 5.63. The number of hydrogen-bond donors (Lipinski definition) is 2. The van der Waals surface area contributed by atoms with Crippen LogP contribution in [-0.2, 0) is 6.42 Å². The van der Waals surface area contributed by atoms with E-state index in [2.05, 4.69) is 15.3 Å². The fraction of sp³-hybridized carbons (Fsp3) is 0.375. The van der Waals surface area contributed by atoms with Crippen LogP contribution >= 0.6 is 0 Å². The number of aromatic nitrogens is 2. The molecule has 1 atom stereocenters. The molecule has 0 bridgehead atoms. The molecule has 1 unspecified atom stereocenters. The van der Waals surface area contributed by atoms with Gasteiger partial charge in [-0.15, -0.1) is 0 Å². The fourth-order valence-electron chi connectivity index (χ4n) is 2.51. The number of nitrogens with one attached hydrogen (secondary N) is 1. The van der Waals surface area contributed by atoms with Gasteiger partial charge in [-0.1, -0.05) is 0 Å². The number of hydrogen-bond acceptors (Lipinski definition) is 5. The summed E-state index contributed by atoms with van der Waals surface area (Å²) in [6, 6.07) is 6.58. The van der Waals surface area contributed by atoms with Gasteiger partial charge in [0.05, 0.1) is 12.4 Å². The third-order valence-electron chi connectivity index (χ3n) is 3.62. The topological polar surface area (TPSA) is 67.3 Å². The molecule has 0 radical (unpaired) electrons. The van der Waals surface area contributed by atoms with Gasteiger partial charge in [-0.3, -0.25) is 0 Å². The summed E-state index contributed by atoms with van der Waals surface area (Å²) >= 11 is 0. The average molecular weight is 285 g/mol. The Bertz CT molecular complexity index is 563. The Balaban J connectivity index is 1.59. The molecular formula is C16H19N3O2. The number of benzene rings is 1. The van der Waals surface area contributed by atoms with Crippen LogP contribution in [0, 0.1) is 5.92 Å². The zero-order valence-electron chi connectivity index (χ0n) is 11.8. The second kappa shape index (κ2) is 6.54. The van der Waals surface area contributed by atoms with Crippen molar-refractivity contribution in [3.8, 4) is 17.2 Å². The zero-order valence-corrected chi connectivity index (χ0v) is 11.8. The Hall–Kier alpha value is -2.14. The first-order chi connectivity index (χ1) is 10.3. The Morgan fingerprint density at radius 3 is 2.57 bits per heavy atom. The van der Waals surface area contributed by atoms with Gasteiger partial charge in [-0.2, -0.15) is 0 Å². The van der Waals surface area contributed by atoms with Gasteiger partial charge in [0.1, 0.15) is 17.3 Å². The molecule has 1 fully saturated rings. The van der Waals surface area contributed by atoms with Crippen molar-refractivity contribution >= 4 is 0 Å². The molecule has 2 aromatic rings. The number of phenolic OH excluding ortho intramolecular Hbond substituents is 1. The van der Waals surface area contributed by atoms with E-state index in [-0.39, 0.29) is 5.75 Å². The lowest BCUT2D eigenvalue weighted by Crippen LogP contribution is -2.31. The van der Waals surface area contributed by atoms with Crippen molar-refractivity contribution in [1.82, 2.24) is 15.3 Å². The molecule has 0 aliphatic carbocycles. The zero-order chi connectivity index (χ0) is 14.5. The van der Waals surface area contributed by atoms with E-state index < -0.39 is 0 Å². The Morgan fingerprint density at radius 1 is 1.14 bits per heavy atom. The van der Waals surface area contributed by atoms with Crippen LogP contribution < -0.4 is 10.1 Å². The molecule has 2 N–H and O–H groups in total. The van der Waals surface area contributed by atoms with E-state index in [1.165, 1.54) is 12.8 Å². The predicted molar refractivity (Wildman–Crippen MR) is 79.5 cm³/mol. The number of rotatable bonds is 4. The molecule has 1 aromatic heterocycles. The molecule has 1 saturated heterocycles. The molecule has 5 heteroatoms. The van der Waals surface area contributed by atoms with E-state index in [4.69, 9.17) is 4.74 Å². The maximum Gasteiger partial charge on any atom is 0.164 e. The second-order valence-electron chi connectivity index (χ2n) is 5.35. The molecule has 110 valence electrons. The molecule has 3 rings (SSSR count). The first-order valence-electron chi connectivity index (χ1n) is 7.28. The Kier molecular flexibility index (Phi) is 4.31. The molecule has 21 heavy (non-hydrogen) atoms. The molecule has 0 spiro atoms. The lowest BCUT2D eigenvalue weighted by molar-refractivity contribution is 0.370. The number of phenols is 1. The van der Waals surface area contributed by atoms with E-state index in [0.29, 0.717) is 17.4 Å². The third-order valence-corrected chi connectivity index (χ3v) is 3.62. The summed E-state index contributed by atoms with van der Waals surface area (Å²) in [4.78, 5) is 8.75. The van der Waals surface area contributed by atoms with Gasteiger partial charge in [0, 0.05) is 6.42 Å². The fourth-order valence-corrected chi connectivity index (χ4v) is 2.51. The summed E-state index contributed by atoms with van der Waals surface area (Å²) in [6.07, 6.45) is 6.78. The van der Waals surface area contributed by atoms with Gasteiger partial charge < -0.3 is 15.2 Å². The molecule has 0 amide bonds. The highest BCUT2D eigenvalue weighted by atomic mass is 16.5. The van der Waals surface area contributed by atoms with E-state index in [0.717, 1.165) is 25.3 Å². The highest BCUT2D eigenvalue weighted by Crippen LogP contribution is 2.22.